The molecule has 2 aliphatic heterocycles. The maximum atomic E-state index is 12.2. The lowest BCUT2D eigenvalue weighted by Gasteiger charge is -2.44. The number of carboxylic acids is 1. The summed E-state index contributed by atoms with van der Waals surface area (Å²) in [4.78, 5) is 29.2. The number of halogens is 1. The summed E-state index contributed by atoms with van der Waals surface area (Å²) in [5.74, 6) is -1.53. The topological polar surface area (TPSA) is 93.8 Å². The summed E-state index contributed by atoms with van der Waals surface area (Å²) in [6.07, 6.45) is 1.30. The minimum Gasteiger partial charge on any atom is -0.479 e. The predicted octanol–water partition coefficient (Wildman–Crippen LogP) is 1.86. The molecule has 0 aromatic heterocycles. The summed E-state index contributed by atoms with van der Waals surface area (Å²) >= 11 is 7.07. The van der Waals surface area contributed by atoms with Crippen LogP contribution in [0, 0.1) is 17.2 Å². The van der Waals surface area contributed by atoms with Crippen LogP contribution in [0.1, 0.15) is 19.8 Å². The number of hydrogen-bond donors (Lipinski definition) is 1. The summed E-state index contributed by atoms with van der Waals surface area (Å²) in [7, 11) is 0. The Kier molecular flexibility index (Phi) is 5.14. The van der Waals surface area contributed by atoms with E-state index in [1.807, 2.05) is 6.92 Å². The number of hydrogen-bond acceptors (Lipinski definition) is 5. The summed E-state index contributed by atoms with van der Waals surface area (Å²) in [6, 6.07) is 0.538. The molecule has 0 aromatic rings. The zero-order valence-corrected chi connectivity index (χ0v) is 13.6. The predicted molar refractivity (Wildman–Crippen MR) is 84.7 cm³/mol. The van der Waals surface area contributed by atoms with Gasteiger partial charge in [0.05, 0.1) is 11.1 Å². The van der Waals surface area contributed by atoms with Gasteiger partial charge in [-0.1, -0.05) is 18.3 Å². The molecule has 0 saturated carbocycles. The van der Waals surface area contributed by atoms with Crippen LogP contribution in [0.5, 0.6) is 0 Å². The molecule has 1 saturated heterocycles. The minimum absolute atomic E-state index is 0.0177. The molecule has 2 heterocycles. The van der Waals surface area contributed by atoms with Gasteiger partial charge in [0, 0.05) is 11.8 Å². The third kappa shape index (κ3) is 2.99. The lowest BCUT2D eigenvalue weighted by Crippen LogP contribution is -2.66. The van der Waals surface area contributed by atoms with Crippen LogP contribution in [-0.2, 0) is 9.59 Å². The molecule has 1 amide bonds. The Bertz CT molecular complexity index is 586. The lowest BCUT2D eigenvalue weighted by molar-refractivity contribution is -0.157. The maximum Gasteiger partial charge on any atom is 0.330 e. The number of amides is 1. The molecule has 1 fully saturated rings. The smallest absolute Gasteiger partial charge is 0.330 e. The molecule has 6 nitrogen and oxygen atoms in total. The normalized spacial score (nSPS) is 25.6. The number of alkyl halides is 1. The number of carbonyl (C=O) groups is 2. The zero-order chi connectivity index (χ0) is 16.4. The molecule has 0 radical (unpaired) electrons. The van der Waals surface area contributed by atoms with Crippen LogP contribution >= 0.6 is 23.4 Å². The molecule has 4 atom stereocenters. The highest BCUT2D eigenvalue weighted by Crippen LogP contribution is 2.42. The van der Waals surface area contributed by atoms with Crippen LogP contribution in [0.2, 0.25) is 0 Å². The second kappa shape index (κ2) is 6.71. The van der Waals surface area contributed by atoms with Crippen molar-refractivity contribution in [2.45, 2.75) is 37.2 Å². The largest absolute Gasteiger partial charge is 0.479 e. The molecule has 22 heavy (non-hydrogen) atoms. The number of rotatable bonds is 7. The highest BCUT2D eigenvalue weighted by atomic mass is 35.5. The Morgan fingerprint density at radius 2 is 2.36 bits per heavy atom. The van der Waals surface area contributed by atoms with E-state index in [-0.39, 0.29) is 28.7 Å². The molecule has 0 spiro atoms. The van der Waals surface area contributed by atoms with Gasteiger partial charge in [-0.05, 0) is 25.3 Å². The van der Waals surface area contributed by atoms with Crippen LogP contribution < -0.4 is 0 Å². The Labute approximate surface area is 137 Å². The lowest BCUT2D eigenvalue weighted by atomic mass is 10.00. The monoisotopic (exact) mass is 341 g/mol. The molecule has 8 heteroatoms. The molecule has 2 aliphatic rings. The summed E-state index contributed by atoms with van der Waals surface area (Å²) in [6.45, 7) is 5.48. The van der Waals surface area contributed by atoms with E-state index in [0.717, 1.165) is 5.04 Å². The number of aliphatic imine (C=N–C) groups is 1. The Balaban J connectivity index is 2.04. The summed E-state index contributed by atoms with van der Waals surface area (Å²) in [5.41, 5.74) is 0.285. The molecule has 1 N–H and O–H groups in total. The molecule has 0 aliphatic carbocycles. The summed E-state index contributed by atoms with van der Waals surface area (Å²) in [5, 5.41) is 18.6. The fourth-order valence-electron chi connectivity index (χ4n) is 2.40. The number of likely N-dealkylation sites (tertiary alicyclic amines) is 1. The molecule has 118 valence electrons. The standard InChI is InChI=1S/C14H16ClN3O3S/c1-7(6-16)3-4-9-17-10-12(19)18(13(10)22-9)11(14(20)21)8(2)5-15/h7,10-11,13H,2-5H2,1H3,(H,20,21). The van der Waals surface area contributed by atoms with Crippen molar-refractivity contribution in [2.24, 2.45) is 10.9 Å². The van der Waals surface area contributed by atoms with Crippen LogP contribution in [0.4, 0.5) is 0 Å². The maximum absolute atomic E-state index is 12.2. The fraction of sp³-hybridized carbons (Fsp3) is 0.571. The zero-order valence-electron chi connectivity index (χ0n) is 12.0. The van der Waals surface area contributed by atoms with Gasteiger partial charge in [0.2, 0.25) is 0 Å². The quantitative estimate of drug-likeness (QED) is 0.433. The number of carbonyl (C=O) groups excluding carboxylic acids is 1. The number of thioether (sulfide) groups is 1. The van der Waals surface area contributed by atoms with E-state index < -0.39 is 18.1 Å². The van der Waals surface area contributed by atoms with E-state index >= 15 is 0 Å². The first-order chi connectivity index (χ1) is 10.4. The Morgan fingerprint density at radius 1 is 1.68 bits per heavy atom. The van der Waals surface area contributed by atoms with E-state index in [1.54, 1.807) is 0 Å². The van der Waals surface area contributed by atoms with Crippen LogP contribution in [-0.4, -0.2) is 50.3 Å². The Hall–Kier alpha value is -1.52. The fourth-order valence-corrected chi connectivity index (χ4v) is 3.88. The molecular formula is C14H16ClN3O3S. The van der Waals surface area contributed by atoms with Crippen molar-refractivity contribution >= 4 is 40.3 Å². The van der Waals surface area contributed by atoms with Crippen molar-refractivity contribution < 1.29 is 14.7 Å². The second-order valence-electron chi connectivity index (χ2n) is 5.32. The molecule has 4 unspecified atom stereocenters. The van der Waals surface area contributed by atoms with E-state index in [0.29, 0.717) is 12.8 Å². The highest BCUT2D eigenvalue weighted by Gasteiger charge is 2.56. The molecule has 0 bridgehead atoms. The van der Waals surface area contributed by atoms with Crippen molar-refractivity contribution in [2.75, 3.05) is 5.88 Å². The van der Waals surface area contributed by atoms with E-state index in [1.165, 1.54) is 16.7 Å². The van der Waals surface area contributed by atoms with Gasteiger partial charge in [-0.2, -0.15) is 5.26 Å². The van der Waals surface area contributed by atoms with Gasteiger partial charge in [0.25, 0.3) is 5.91 Å². The first-order valence-electron chi connectivity index (χ1n) is 6.82. The third-order valence-electron chi connectivity index (χ3n) is 3.67. The first-order valence-corrected chi connectivity index (χ1v) is 8.23. The van der Waals surface area contributed by atoms with Crippen molar-refractivity contribution in [3.8, 4) is 6.07 Å². The number of nitrogens with zero attached hydrogens (tertiary/aromatic N) is 3. The molecule has 0 aromatic carbocycles. The van der Waals surface area contributed by atoms with Crippen molar-refractivity contribution in [3.63, 3.8) is 0 Å². The van der Waals surface area contributed by atoms with Gasteiger partial charge in [0.15, 0.2) is 12.1 Å². The van der Waals surface area contributed by atoms with Gasteiger partial charge in [-0.25, -0.2) is 4.79 Å². The highest BCUT2D eigenvalue weighted by molar-refractivity contribution is 8.14. The SMILES string of the molecule is C=C(CCl)C(C(=O)O)N1C(=O)C2N=C(CCC(C)C#N)SC21. The summed E-state index contributed by atoms with van der Waals surface area (Å²) < 4.78 is 0. The van der Waals surface area contributed by atoms with Crippen LogP contribution in [0.15, 0.2) is 17.1 Å². The minimum atomic E-state index is -1.13. The second-order valence-corrected chi connectivity index (χ2v) is 6.78. The van der Waals surface area contributed by atoms with Crippen LogP contribution in [0.3, 0.4) is 0 Å². The van der Waals surface area contributed by atoms with E-state index in [9.17, 15) is 14.7 Å². The van der Waals surface area contributed by atoms with E-state index in [2.05, 4.69) is 17.6 Å². The van der Waals surface area contributed by atoms with Gasteiger partial charge >= 0.3 is 5.97 Å². The van der Waals surface area contributed by atoms with E-state index in [4.69, 9.17) is 16.9 Å². The number of β-lactam (4-membered cyclic amide) rings is 1. The molecular weight excluding hydrogens is 326 g/mol. The van der Waals surface area contributed by atoms with Crippen molar-refractivity contribution in [1.29, 1.82) is 5.26 Å². The Morgan fingerprint density at radius 3 is 2.91 bits per heavy atom. The van der Waals surface area contributed by atoms with Gasteiger partial charge in [0.1, 0.15) is 5.37 Å². The van der Waals surface area contributed by atoms with Crippen molar-refractivity contribution in [1.82, 2.24) is 4.90 Å². The number of fused-ring (bicyclic) bond motifs is 1. The number of carboxylic acid groups (broad SMARTS) is 1. The van der Waals surface area contributed by atoms with Gasteiger partial charge in [-0.15, -0.1) is 11.6 Å². The average molecular weight is 342 g/mol. The number of nitriles is 1. The van der Waals surface area contributed by atoms with Gasteiger partial charge in [-0.3, -0.25) is 9.79 Å². The number of aliphatic carboxylic acids is 1. The van der Waals surface area contributed by atoms with Gasteiger partial charge < -0.3 is 10.0 Å². The molecule has 2 rings (SSSR count). The first kappa shape index (κ1) is 16.8. The third-order valence-corrected chi connectivity index (χ3v) is 5.32. The van der Waals surface area contributed by atoms with Crippen molar-refractivity contribution in [3.05, 3.63) is 12.2 Å². The van der Waals surface area contributed by atoms with Crippen LogP contribution in [0.25, 0.3) is 0 Å². The average Bonchev–Trinajstić information content (AvgIpc) is 2.88.